The van der Waals surface area contributed by atoms with Gasteiger partial charge in [-0.2, -0.15) is 0 Å². The molecule has 2 saturated heterocycles. The minimum Gasteiger partial charge on any atom is -0.492 e. The summed E-state index contributed by atoms with van der Waals surface area (Å²) < 4.78 is 13.0. The number of ether oxygens (including phenoxy) is 2. The van der Waals surface area contributed by atoms with Gasteiger partial charge in [-0.3, -0.25) is 38.8 Å². The van der Waals surface area contributed by atoms with Gasteiger partial charge in [-0.1, -0.05) is 37.1 Å². The molecule has 0 saturated carbocycles. The highest BCUT2D eigenvalue weighted by Gasteiger charge is 2.38. The molecule has 11 heteroatoms. The van der Waals surface area contributed by atoms with E-state index in [1.54, 1.807) is 48.5 Å². The Morgan fingerprint density at radius 3 is 1.23 bits per heavy atom. The number of carbonyl (C=O) groups is 4. The summed E-state index contributed by atoms with van der Waals surface area (Å²) in [5.74, 6) is -0.351. The van der Waals surface area contributed by atoms with Crippen molar-refractivity contribution < 1.29 is 28.7 Å². The second kappa shape index (κ2) is 15.5. The van der Waals surface area contributed by atoms with E-state index in [1.165, 1.54) is 48.3 Å². The summed E-state index contributed by atoms with van der Waals surface area (Å²) in [6.45, 7) is 6.47. The molecule has 4 aromatic carbocycles. The van der Waals surface area contributed by atoms with Crippen LogP contribution < -0.4 is 9.47 Å². The Labute approximate surface area is 325 Å². The molecule has 4 aliphatic rings. The largest absolute Gasteiger partial charge is 0.492 e. The molecule has 9 rings (SSSR count). The number of pyridine rings is 1. The molecule has 0 bridgehead atoms. The van der Waals surface area contributed by atoms with Crippen LogP contribution in [0.3, 0.4) is 0 Å². The summed E-state index contributed by atoms with van der Waals surface area (Å²) in [5.41, 5.74) is 3.85. The van der Waals surface area contributed by atoms with Crippen molar-refractivity contribution in [3.63, 3.8) is 0 Å². The quantitative estimate of drug-likeness (QED) is 0.101. The molecule has 0 N–H and O–H groups in total. The zero-order valence-electron chi connectivity index (χ0n) is 31.5. The molecule has 5 aromatic rings. The molecule has 56 heavy (non-hydrogen) atoms. The van der Waals surface area contributed by atoms with Gasteiger partial charge >= 0.3 is 0 Å². The summed E-state index contributed by atoms with van der Waals surface area (Å²) >= 11 is 0. The minimum atomic E-state index is -0.363. The Morgan fingerprint density at radius 2 is 0.857 bits per heavy atom. The van der Waals surface area contributed by atoms with E-state index in [0.717, 1.165) is 50.0 Å². The number of rotatable bonds is 12. The Bertz CT molecular complexity index is 2130. The van der Waals surface area contributed by atoms with Gasteiger partial charge in [0.25, 0.3) is 23.6 Å². The molecular weight excluding hydrogens is 707 g/mol. The fourth-order valence-corrected chi connectivity index (χ4v) is 8.64. The van der Waals surface area contributed by atoms with Crippen LogP contribution in [0.2, 0.25) is 0 Å². The Morgan fingerprint density at radius 1 is 0.482 bits per heavy atom. The van der Waals surface area contributed by atoms with E-state index in [4.69, 9.17) is 14.5 Å². The van der Waals surface area contributed by atoms with Crippen LogP contribution in [0.4, 0.5) is 0 Å². The van der Waals surface area contributed by atoms with E-state index < -0.39 is 0 Å². The molecule has 0 unspecified atom stereocenters. The number of fused-ring (bicyclic) bond motifs is 4. The van der Waals surface area contributed by atoms with Crippen molar-refractivity contribution in [1.82, 2.24) is 24.6 Å². The SMILES string of the molecule is O=C1c2ccccc2C(=O)N1Cc1c(OCCN2CCCCC2)ccc2cc3ccc(OCCN4CCCCC4)c(CN4C(=O)c5ccccc5C4=O)c3nc12. The third-order valence-electron chi connectivity index (χ3n) is 11.7. The van der Waals surface area contributed by atoms with E-state index in [1.807, 2.05) is 30.3 Å². The predicted octanol–water partition coefficient (Wildman–Crippen LogP) is 6.71. The lowest BCUT2D eigenvalue weighted by Crippen LogP contribution is -2.33. The topological polar surface area (TPSA) is 113 Å². The van der Waals surface area contributed by atoms with Crippen LogP contribution in [-0.2, 0) is 13.1 Å². The molecule has 5 heterocycles. The van der Waals surface area contributed by atoms with Crippen molar-refractivity contribution in [1.29, 1.82) is 0 Å². The third kappa shape index (κ3) is 6.79. The fraction of sp³-hybridized carbons (Fsp3) is 0.356. The van der Waals surface area contributed by atoms with Gasteiger partial charge < -0.3 is 9.47 Å². The zero-order valence-corrected chi connectivity index (χ0v) is 31.5. The van der Waals surface area contributed by atoms with Gasteiger partial charge in [0.15, 0.2) is 0 Å². The van der Waals surface area contributed by atoms with Gasteiger partial charge in [0.1, 0.15) is 24.7 Å². The molecule has 4 aliphatic heterocycles. The first-order valence-electron chi connectivity index (χ1n) is 19.9. The van der Waals surface area contributed by atoms with Gasteiger partial charge in [0.05, 0.1) is 46.4 Å². The number of hydrogen-bond acceptors (Lipinski definition) is 9. The number of carbonyl (C=O) groups excluding carboxylic acids is 4. The number of aromatic nitrogens is 1. The number of piperidine rings is 2. The van der Waals surface area contributed by atoms with Crippen LogP contribution in [0.5, 0.6) is 11.5 Å². The Balaban J connectivity index is 1.13. The van der Waals surface area contributed by atoms with Crippen LogP contribution >= 0.6 is 0 Å². The van der Waals surface area contributed by atoms with Gasteiger partial charge in [-0.05, 0) is 106 Å². The second-order valence-electron chi connectivity index (χ2n) is 15.2. The van der Waals surface area contributed by atoms with E-state index in [-0.39, 0.29) is 36.7 Å². The van der Waals surface area contributed by atoms with E-state index in [9.17, 15) is 19.2 Å². The highest BCUT2D eigenvalue weighted by atomic mass is 16.5. The number of benzene rings is 4. The van der Waals surface area contributed by atoms with Crippen molar-refractivity contribution >= 4 is 45.4 Å². The molecule has 11 nitrogen and oxygen atoms in total. The molecule has 4 amide bonds. The van der Waals surface area contributed by atoms with Crippen molar-refractivity contribution in [3.05, 3.63) is 112 Å². The number of amides is 4. The molecule has 0 spiro atoms. The van der Waals surface area contributed by atoms with Crippen LogP contribution in [-0.4, -0.2) is 101 Å². The fourth-order valence-electron chi connectivity index (χ4n) is 8.64. The van der Waals surface area contributed by atoms with Crippen molar-refractivity contribution in [2.45, 2.75) is 51.6 Å². The van der Waals surface area contributed by atoms with Crippen LogP contribution in [0.25, 0.3) is 21.8 Å². The van der Waals surface area contributed by atoms with Crippen molar-refractivity contribution in [2.75, 3.05) is 52.5 Å². The van der Waals surface area contributed by atoms with E-state index in [0.29, 0.717) is 69.1 Å². The lowest BCUT2D eigenvalue weighted by atomic mass is 10.0. The molecular formula is C45H45N5O6. The van der Waals surface area contributed by atoms with Gasteiger partial charge in [0.2, 0.25) is 0 Å². The third-order valence-corrected chi connectivity index (χ3v) is 11.7. The molecule has 0 atom stereocenters. The van der Waals surface area contributed by atoms with Gasteiger partial charge in [-0.15, -0.1) is 0 Å². The highest BCUT2D eigenvalue weighted by molar-refractivity contribution is 6.22. The summed E-state index contributed by atoms with van der Waals surface area (Å²) in [6, 6.07) is 23.5. The molecule has 0 radical (unpaired) electrons. The maximum atomic E-state index is 13.7. The van der Waals surface area contributed by atoms with Crippen LogP contribution in [0.1, 0.15) is 91.1 Å². The first kappa shape index (κ1) is 36.0. The van der Waals surface area contributed by atoms with Gasteiger partial charge in [0, 0.05) is 35.0 Å². The summed E-state index contributed by atoms with van der Waals surface area (Å²) in [6.07, 6.45) is 7.17. The predicted molar refractivity (Wildman–Crippen MR) is 212 cm³/mol. The molecule has 1 aromatic heterocycles. The maximum absolute atomic E-state index is 13.7. The summed E-state index contributed by atoms with van der Waals surface area (Å²) in [7, 11) is 0. The summed E-state index contributed by atoms with van der Waals surface area (Å²) in [4.78, 5) is 67.4. The van der Waals surface area contributed by atoms with E-state index >= 15 is 0 Å². The number of imide groups is 2. The van der Waals surface area contributed by atoms with Crippen LogP contribution in [0, 0.1) is 0 Å². The van der Waals surface area contributed by atoms with Gasteiger partial charge in [-0.25, -0.2) is 4.98 Å². The lowest BCUT2D eigenvalue weighted by molar-refractivity contribution is 0.0626. The maximum Gasteiger partial charge on any atom is 0.261 e. The molecule has 0 aliphatic carbocycles. The van der Waals surface area contributed by atoms with E-state index in [2.05, 4.69) is 9.80 Å². The Hall–Kier alpha value is -5.65. The van der Waals surface area contributed by atoms with Crippen molar-refractivity contribution in [3.8, 4) is 11.5 Å². The second-order valence-corrected chi connectivity index (χ2v) is 15.2. The average Bonchev–Trinajstić information content (AvgIpc) is 3.62. The smallest absolute Gasteiger partial charge is 0.261 e. The standard InChI is InChI=1S/C45H45N5O6/c51-42-32-11-3-4-12-33(32)43(52)49(42)28-36-38(55-25-23-47-19-7-1-8-20-47)17-15-30-27-31-16-18-39(56-26-24-48-21-9-2-10-22-48)37(41(31)46-40(30)36)29-50-44(53)34-13-5-6-14-35(34)45(50)54/h3-6,11-18,27H,1-2,7-10,19-26,28-29H2. The first-order chi connectivity index (χ1) is 27.4. The normalized spacial score (nSPS) is 17.6. The van der Waals surface area contributed by atoms with Crippen LogP contribution in [0.15, 0.2) is 78.9 Å². The van der Waals surface area contributed by atoms with Crippen molar-refractivity contribution in [2.24, 2.45) is 0 Å². The zero-order chi connectivity index (χ0) is 38.2. The lowest BCUT2D eigenvalue weighted by Gasteiger charge is -2.27. The number of nitrogens with zero attached hydrogens (tertiary/aromatic N) is 5. The molecule has 2 fully saturated rings. The average molecular weight is 752 g/mol. The monoisotopic (exact) mass is 751 g/mol. The number of likely N-dealkylation sites (tertiary alicyclic amines) is 2. The Kier molecular flexibility index (Phi) is 9.95. The highest BCUT2D eigenvalue weighted by Crippen LogP contribution is 2.37. The minimum absolute atomic E-state index is 0.0407. The molecule has 286 valence electrons. The number of hydrogen-bond donors (Lipinski definition) is 0. The summed E-state index contributed by atoms with van der Waals surface area (Å²) in [5, 5.41) is 1.61. The first-order valence-corrected chi connectivity index (χ1v) is 19.9.